The zero-order chi connectivity index (χ0) is 15.9. The van der Waals surface area contributed by atoms with E-state index in [1.807, 2.05) is 35.5 Å². The van der Waals surface area contributed by atoms with E-state index in [9.17, 15) is 4.79 Å². The monoisotopic (exact) mass is 336 g/mol. The van der Waals surface area contributed by atoms with Gasteiger partial charge in [-0.15, -0.1) is 0 Å². The first-order chi connectivity index (χ1) is 10.6. The lowest BCUT2D eigenvalue weighted by atomic mass is 10.3. The van der Waals surface area contributed by atoms with E-state index in [1.165, 1.54) is 0 Å². The van der Waals surface area contributed by atoms with Crippen LogP contribution in [0.2, 0.25) is 0 Å². The van der Waals surface area contributed by atoms with E-state index in [0.29, 0.717) is 5.69 Å². The molecule has 0 radical (unpaired) electrons. The van der Waals surface area contributed by atoms with Crippen molar-refractivity contribution in [3.05, 3.63) is 36.4 Å². The Morgan fingerprint density at radius 3 is 2.86 bits per heavy atom. The molecule has 1 amide bonds. The average molecular weight is 336 g/mol. The minimum atomic E-state index is -0.0854. The van der Waals surface area contributed by atoms with Gasteiger partial charge in [0.1, 0.15) is 5.69 Å². The highest BCUT2D eigenvalue weighted by Gasteiger charge is 2.19. The Balaban J connectivity index is 2.06. The fourth-order valence-corrected chi connectivity index (χ4v) is 3.60. The maximum absolute atomic E-state index is 12.6. The summed E-state index contributed by atoms with van der Waals surface area (Å²) in [6.07, 6.45) is 5.01. The Hall–Kier alpha value is -1.47. The third-order valence-electron chi connectivity index (χ3n) is 3.17. The van der Waals surface area contributed by atoms with E-state index >= 15 is 0 Å². The van der Waals surface area contributed by atoms with Crippen LogP contribution in [0.25, 0.3) is 0 Å². The van der Waals surface area contributed by atoms with E-state index in [0.717, 1.165) is 28.1 Å². The molecular formula is C15H20N4OS2. The van der Waals surface area contributed by atoms with Crippen molar-refractivity contribution in [3.63, 3.8) is 0 Å². The third kappa shape index (κ3) is 4.04. The van der Waals surface area contributed by atoms with Crippen molar-refractivity contribution >= 4 is 35.1 Å². The average Bonchev–Trinajstić information content (AvgIpc) is 2.92. The molecule has 0 spiro atoms. The highest BCUT2D eigenvalue weighted by molar-refractivity contribution is 8.02. The molecule has 0 aliphatic carbocycles. The number of hydrogen-bond acceptors (Lipinski definition) is 5. The Bertz CT molecular complexity index is 615. The molecule has 0 aliphatic heterocycles. The molecule has 2 aromatic heterocycles. The number of hydrogen-bond donors (Lipinski definition) is 0. The van der Waals surface area contributed by atoms with Gasteiger partial charge in [0.05, 0.1) is 18.1 Å². The van der Waals surface area contributed by atoms with Gasteiger partial charge in [-0.05, 0) is 17.9 Å². The van der Waals surface area contributed by atoms with Crippen molar-refractivity contribution in [2.24, 2.45) is 7.05 Å². The lowest BCUT2D eigenvalue weighted by Crippen LogP contribution is -2.28. The van der Waals surface area contributed by atoms with Crippen LogP contribution in [0.5, 0.6) is 0 Å². The van der Waals surface area contributed by atoms with Gasteiger partial charge in [0.25, 0.3) is 5.91 Å². The second kappa shape index (κ2) is 8.24. The molecule has 0 N–H and O–H groups in total. The maximum atomic E-state index is 12.6. The summed E-state index contributed by atoms with van der Waals surface area (Å²) in [5.74, 6) is 3.13. The van der Waals surface area contributed by atoms with Crippen molar-refractivity contribution in [3.8, 4) is 0 Å². The molecule has 0 saturated carbocycles. The van der Waals surface area contributed by atoms with E-state index < -0.39 is 0 Å². The Morgan fingerprint density at radius 1 is 1.36 bits per heavy atom. The minimum absolute atomic E-state index is 0.0854. The number of aromatic nitrogens is 3. The summed E-state index contributed by atoms with van der Waals surface area (Å²) in [4.78, 5) is 22.6. The van der Waals surface area contributed by atoms with Gasteiger partial charge in [0, 0.05) is 31.8 Å². The molecule has 0 atom stereocenters. The number of carbonyl (C=O) groups is 1. The zero-order valence-electron chi connectivity index (χ0n) is 13.0. The quantitative estimate of drug-likeness (QED) is 0.575. The normalized spacial score (nSPS) is 10.7. The Labute approximate surface area is 139 Å². The van der Waals surface area contributed by atoms with Crippen LogP contribution in [-0.2, 0) is 7.05 Å². The van der Waals surface area contributed by atoms with Crippen molar-refractivity contribution in [1.82, 2.24) is 14.5 Å². The van der Waals surface area contributed by atoms with Crippen molar-refractivity contribution < 1.29 is 4.79 Å². The van der Waals surface area contributed by atoms with Crippen molar-refractivity contribution in [2.45, 2.75) is 12.1 Å². The molecule has 0 aliphatic rings. The maximum Gasteiger partial charge on any atom is 0.276 e. The van der Waals surface area contributed by atoms with E-state index in [1.54, 1.807) is 42.3 Å². The van der Waals surface area contributed by atoms with Crippen LogP contribution < -0.4 is 4.90 Å². The van der Waals surface area contributed by atoms with E-state index in [4.69, 9.17) is 0 Å². The lowest BCUT2D eigenvalue weighted by Gasteiger charge is -2.16. The summed E-state index contributed by atoms with van der Waals surface area (Å²) in [6, 6.07) is 3.67. The molecular weight excluding hydrogens is 316 g/mol. The lowest BCUT2D eigenvalue weighted by molar-refractivity contribution is 0.0984. The van der Waals surface area contributed by atoms with Crippen LogP contribution in [0.1, 0.15) is 17.4 Å². The van der Waals surface area contributed by atoms with E-state index in [-0.39, 0.29) is 5.91 Å². The standard InChI is InChI=1S/C15H20N4OS2/c1-4-21-8-9-22-15-17-11-13(19(15)3)14(20)18(2)12-6-5-7-16-10-12/h5-7,10-11H,4,8-9H2,1-3H3. The molecule has 22 heavy (non-hydrogen) atoms. The molecule has 7 heteroatoms. The summed E-state index contributed by atoms with van der Waals surface area (Å²) in [5, 5.41) is 0.875. The van der Waals surface area contributed by atoms with Crippen LogP contribution in [-0.4, -0.2) is 44.7 Å². The van der Waals surface area contributed by atoms with Gasteiger partial charge in [0.15, 0.2) is 5.16 Å². The molecule has 2 rings (SSSR count). The number of carbonyl (C=O) groups excluding carboxylic acids is 1. The largest absolute Gasteiger partial charge is 0.318 e. The molecule has 0 fully saturated rings. The fraction of sp³-hybridized carbons (Fsp3) is 0.400. The number of imidazole rings is 1. The number of nitrogens with zero attached hydrogens (tertiary/aromatic N) is 4. The van der Waals surface area contributed by atoms with Crippen LogP contribution in [0.15, 0.2) is 35.9 Å². The first kappa shape index (κ1) is 16.9. The summed E-state index contributed by atoms with van der Waals surface area (Å²) >= 11 is 3.59. The second-order valence-corrected chi connectivity index (χ2v) is 7.06. The summed E-state index contributed by atoms with van der Waals surface area (Å²) in [6.45, 7) is 2.15. The molecule has 2 heterocycles. The molecule has 5 nitrogen and oxygen atoms in total. The number of pyridine rings is 1. The van der Waals surface area contributed by atoms with Crippen molar-refractivity contribution in [2.75, 3.05) is 29.2 Å². The molecule has 0 aromatic carbocycles. The molecule has 2 aromatic rings. The van der Waals surface area contributed by atoms with Gasteiger partial charge in [-0.3, -0.25) is 9.78 Å². The number of amides is 1. The van der Waals surface area contributed by atoms with Gasteiger partial charge < -0.3 is 9.47 Å². The van der Waals surface area contributed by atoms with Gasteiger partial charge in [0.2, 0.25) is 0 Å². The summed E-state index contributed by atoms with van der Waals surface area (Å²) in [5.41, 5.74) is 1.35. The zero-order valence-corrected chi connectivity index (χ0v) is 14.7. The molecule has 0 unspecified atom stereocenters. The smallest absolute Gasteiger partial charge is 0.276 e. The molecule has 118 valence electrons. The predicted octanol–water partition coefficient (Wildman–Crippen LogP) is 2.94. The number of rotatable bonds is 7. The number of thioether (sulfide) groups is 2. The topological polar surface area (TPSA) is 51.0 Å². The van der Waals surface area contributed by atoms with Crippen LogP contribution >= 0.6 is 23.5 Å². The SMILES string of the molecule is CCSCCSc1ncc(C(=O)N(C)c2cccnc2)n1C. The summed E-state index contributed by atoms with van der Waals surface area (Å²) in [7, 11) is 3.63. The highest BCUT2D eigenvalue weighted by Crippen LogP contribution is 2.20. The van der Waals surface area contributed by atoms with Gasteiger partial charge in [-0.1, -0.05) is 18.7 Å². The fourth-order valence-electron chi connectivity index (χ4n) is 1.90. The number of anilines is 1. The predicted molar refractivity (Wildman–Crippen MR) is 93.9 cm³/mol. The first-order valence-corrected chi connectivity index (χ1v) is 9.19. The van der Waals surface area contributed by atoms with Gasteiger partial charge >= 0.3 is 0 Å². The third-order valence-corrected chi connectivity index (χ3v) is 5.37. The summed E-state index contributed by atoms with van der Waals surface area (Å²) < 4.78 is 1.86. The van der Waals surface area contributed by atoms with Gasteiger partial charge in [-0.25, -0.2) is 4.98 Å². The second-order valence-electron chi connectivity index (χ2n) is 4.61. The van der Waals surface area contributed by atoms with Crippen LogP contribution in [0.3, 0.4) is 0 Å². The minimum Gasteiger partial charge on any atom is -0.318 e. The van der Waals surface area contributed by atoms with Crippen LogP contribution in [0.4, 0.5) is 5.69 Å². The Kier molecular flexibility index (Phi) is 6.33. The van der Waals surface area contributed by atoms with E-state index in [2.05, 4.69) is 16.9 Å². The Morgan fingerprint density at radius 2 is 2.18 bits per heavy atom. The van der Waals surface area contributed by atoms with Crippen molar-refractivity contribution in [1.29, 1.82) is 0 Å². The molecule has 0 saturated heterocycles. The molecule has 0 bridgehead atoms. The highest BCUT2D eigenvalue weighted by atomic mass is 32.2. The van der Waals surface area contributed by atoms with Gasteiger partial charge in [-0.2, -0.15) is 11.8 Å². The first-order valence-electron chi connectivity index (χ1n) is 7.05. The van der Waals surface area contributed by atoms with Crippen LogP contribution in [0, 0.1) is 0 Å².